The standard InChI is InChI=1S/C15H24N4S/c1-6-8-16-15-17-13(19(5)10(3)4)12-9-11(7-2)20-14(12)18-15/h9-10H,6-8H2,1-5H3,(H,16,17,18). The number of hydrogen-bond acceptors (Lipinski definition) is 5. The highest BCUT2D eigenvalue weighted by Gasteiger charge is 2.16. The molecule has 0 aliphatic heterocycles. The van der Waals surface area contributed by atoms with E-state index in [2.05, 4.69) is 56.0 Å². The van der Waals surface area contributed by atoms with Gasteiger partial charge in [-0.2, -0.15) is 4.98 Å². The molecule has 0 fully saturated rings. The molecule has 0 saturated carbocycles. The van der Waals surface area contributed by atoms with Crippen LogP contribution >= 0.6 is 11.3 Å². The van der Waals surface area contributed by atoms with Crippen LogP contribution < -0.4 is 10.2 Å². The Labute approximate surface area is 125 Å². The van der Waals surface area contributed by atoms with Crippen molar-refractivity contribution in [1.82, 2.24) is 9.97 Å². The lowest BCUT2D eigenvalue weighted by Crippen LogP contribution is -2.27. The first-order valence-corrected chi connectivity index (χ1v) is 8.15. The fourth-order valence-electron chi connectivity index (χ4n) is 1.96. The molecule has 0 atom stereocenters. The van der Waals surface area contributed by atoms with Crippen LogP contribution in [0.4, 0.5) is 11.8 Å². The Hall–Kier alpha value is -1.36. The molecule has 2 aromatic heterocycles. The highest BCUT2D eigenvalue weighted by molar-refractivity contribution is 7.18. The lowest BCUT2D eigenvalue weighted by Gasteiger charge is -2.23. The first-order chi connectivity index (χ1) is 9.56. The van der Waals surface area contributed by atoms with Gasteiger partial charge in [-0.1, -0.05) is 13.8 Å². The van der Waals surface area contributed by atoms with Gasteiger partial charge in [0.05, 0.1) is 5.39 Å². The Morgan fingerprint density at radius 2 is 2.05 bits per heavy atom. The molecule has 2 aromatic rings. The van der Waals surface area contributed by atoms with E-state index in [0.29, 0.717) is 6.04 Å². The quantitative estimate of drug-likeness (QED) is 0.876. The first-order valence-electron chi connectivity index (χ1n) is 7.34. The van der Waals surface area contributed by atoms with Crippen molar-refractivity contribution < 1.29 is 0 Å². The summed E-state index contributed by atoms with van der Waals surface area (Å²) < 4.78 is 0. The largest absolute Gasteiger partial charge is 0.357 e. The van der Waals surface area contributed by atoms with Crippen LogP contribution in [0.2, 0.25) is 0 Å². The fraction of sp³-hybridized carbons (Fsp3) is 0.600. The number of nitrogens with one attached hydrogen (secondary N) is 1. The van der Waals surface area contributed by atoms with E-state index in [4.69, 9.17) is 4.98 Å². The molecule has 2 rings (SSSR count). The zero-order valence-corrected chi connectivity index (χ0v) is 13.8. The predicted molar refractivity (Wildman–Crippen MR) is 89.1 cm³/mol. The summed E-state index contributed by atoms with van der Waals surface area (Å²) in [5, 5.41) is 4.48. The maximum absolute atomic E-state index is 4.72. The van der Waals surface area contributed by atoms with Crippen molar-refractivity contribution in [2.45, 2.75) is 46.6 Å². The number of rotatable bonds is 6. The second-order valence-electron chi connectivity index (χ2n) is 5.29. The minimum absolute atomic E-state index is 0.414. The smallest absolute Gasteiger partial charge is 0.226 e. The van der Waals surface area contributed by atoms with Gasteiger partial charge in [0.15, 0.2) is 0 Å². The van der Waals surface area contributed by atoms with Gasteiger partial charge in [-0.25, -0.2) is 4.98 Å². The fourth-order valence-corrected chi connectivity index (χ4v) is 2.92. The molecule has 0 unspecified atom stereocenters. The summed E-state index contributed by atoms with van der Waals surface area (Å²) in [6.07, 6.45) is 2.12. The highest BCUT2D eigenvalue weighted by atomic mass is 32.1. The van der Waals surface area contributed by atoms with E-state index < -0.39 is 0 Å². The second-order valence-corrected chi connectivity index (χ2v) is 6.40. The molecular weight excluding hydrogens is 268 g/mol. The summed E-state index contributed by atoms with van der Waals surface area (Å²) in [6, 6.07) is 2.65. The maximum Gasteiger partial charge on any atom is 0.226 e. The van der Waals surface area contributed by atoms with E-state index in [9.17, 15) is 0 Å². The van der Waals surface area contributed by atoms with Crippen molar-refractivity contribution in [2.24, 2.45) is 0 Å². The third kappa shape index (κ3) is 3.03. The molecule has 0 radical (unpaired) electrons. The van der Waals surface area contributed by atoms with Crippen molar-refractivity contribution in [3.8, 4) is 0 Å². The van der Waals surface area contributed by atoms with Crippen LogP contribution in [0.15, 0.2) is 6.07 Å². The van der Waals surface area contributed by atoms with Crippen LogP contribution in [-0.4, -0.2) is 29.6 Å². The van der Waals surface area contributed by atoms with Gasteiger partial charge in [0.25, 0.3) is 0 Å². The number of anilines is 2. The first kappa shape index (κ1) is 15.0. The van der Waals surface area contributed by atoms with Crippen molar-refractivity contribution in [1.29, 1.82) is 0 Å². The molecule has 0 bridgehead atoms. The van der Waals surface area contributed by atoms with E-state index in [0.717, 1.165) is 36.0 Å². The third-order valence-corrected chi connectivity index (χ3v) is 4.59. The van der Waals surface area contributed by atoms with Crippen molar-refractivity contribution in [3.63, 3.8) is 0 Å². The Morgan fingerprint density at radius 1 is 1.30 bits per heavy atom. The zero-order valence-electron chi connectivity index (χ0n) is 13.0. The number of nitrogens with zero attached hydrogens (tertiary/aromatic N) is 3. The van der Waals surface area contributed by atoms with E-state index >= 15 is 0 Å². The molecule has 0 amide bonds. The average Bonchev–Trinajstić information content (AvgIpc) is 2.86. The zero-order chi connectivity index (χ0) is 14.7. The summed E-state index contributed by atoms with van der Waals surface area (Å²) in [5.74, 6) is 1.77. The molecular formula is C15H24N4S. The van der Waals surface area contributed by atoms with Crippen LogP contribution in [0, 0.1) is 0 Å². The van der Waals surface area contributed by atoms with E-state index in [1.807, 2.05) is 0 Å². The molecule has 1 N–H and O–H groups in total. The molecule has 0 saturated heterocycles. The van der Waals surface area contributed by atoms with Gasteiger partial charge in [-0.05, 0) is 32.8 Å². The summed E-state index contributed by atoms with van der Waals surface area (Å²) in [5.41, 5.74) is 0. The Morgan fingerprint density at radius 3 is 2.65 bits per heavy atom. The predicted octanol–water partition coefficient (Wildman–Crippen LogP) is 3.92. The summed E-state index contributed by atoms with van der Waals surface area (Å²) in [4.78, 5) is 14.0. The van der Waals surface area contributed by atoms with E-state index in [1.54, 1.807) is 11.3 Å². The number of fused-ring (bicyclic) bond motifs is 1. The van der Waals surface area contributed by atoms with Gasteiger partial charge < -0.3 is 10.2 Å². The molecule has 4 nitrogen and oxygen atoms in total. The molecule has 5 heteroatoms. The summed E-state index contributed by atoms with van der Waals surface area (Å²) in [7, 11) is 2.10. The number of aromatic nitrogens is 2. The van der Waals surface area contributed by atoms with Crippen LogP contribution in [0.5, 0.6) is 0 Å². The molecule has 110 valence electrons. The third-order valence-electron chi connectivity index (χ3n) is 3.41. The van der Waals surface area contributed by atoms with Gasteiger partial charge in [0.1, 0.15) is 10.6 Å². The lowest BCUT2D eigenvalue weighted by molar-refractivity contribution is 0.745. The Bertz CT molecular complexity index is 577. The minimum Gasteiger partial charge on any atom is -0.357 e. The monoisotopic (exact) mass is 292 g/mol. The van der Waals surface area contributed by atoms with Crippen molar-refractivity contribution in [2.75, 3.05) is 23.8 Å². The molecule has 0 aromatic carbocycles. The van der Waals surface area contributed by atoms with Crippen molar-refractivity contribution in [3.05, 3.63) is 10.9 Å². The highest BCUT2D eigenvalue weighted by Crippen LogP contribution is 2.32. The van der Waals surface area contributed by atoms with Crippen LogP contribution in [-0.2, 0) is 6.42 Å². The van der Waals surface area contributed by atoms with Gasteiger partial charge >= 0.3 is 0 Å². The topological polar surface area (TPSA) is 41.1 Å². The van der Waals surface area contributed by atoms with Crippen LogP contribution in [0.25, 0.3) is 10.2 Å². The number of aryl methyl sites for hydroxylation is 1. The summed E-state index contributed by atoms with van der Waals surface area (Å²) >= 11 is 1.77. The summed E-state index contributed by atoms with van der Waals surface area (Å²) in [6.45, 7) is 9.59. The average molecular weight is 292 g/mol. The molecule has 2 heterocycles. The van der Waals surface area contributed by atoms with Gasteiger partial charge in [0.2, 0.25) is 5.95 Å². The molecule has 0 spiro atoms. The minimum atomic E-state index is 0.414. The van der Waals surface area contributed by atoms with E-state index in [-0.39, 0.29) is 0 Å². The number of hydrogen-bond donors (Lipinski definition) is 1. The Kier molecular flexibility index (Phi) is 4.81. The second kappa shape index (κ2) is 6.39. The molecule has 0 aliphatic rings. The lowest BCUT2D eigenvalue weighted by atomic mass is 10.2. The van der Waals surface area contributed by atoms with Crippen molar-refractivity contribution >= 4 is 33.3 Å². The number of thiophene rings is 1. The maximum atomic E-state index is 4.72. The normalized spacial score (nSPS) is 11.3. The van der Waals surface area contributed by atoms with Gasteiger partial charge in [-0.15, -0.1) is 11.3 Å². The Balaban J connectivity index is 2.52. The van der Waals surface area contributed by atoms with Gasteiger partial charge in [0, 0.05) is 24.5 Å². The van der Waals surface area contributed by atoms with E-state index in [1.165, 1.54) is 10.3 Å². The SMILES string of the molecule is CCCNc1nc(N(C)C(C)C)c2cc(CC)sc2n1. The van der Waals surface area contributed by atoms with Gasteiger partial charge in [-0.3, -0.25) is 0 Å². The molecule has 0 aliphatic carbocycles. The van der Waals surface area contributed by atoms with Crippen LogP contribution in [0.1, 0.15) is 39.0 Å². The molecule has 20 heavy (non-hydrogen) atoms. The van der Waals surface area contributed by atoms with Crippen LogP contribution in [0.3, 0.4) is 0 Å².